The Kier molecular flexibility index (Phi) is 19.3. The normalized spacial score (nSPS) is 12.3. The molecular formula is C22H44O3. The first-order valence-corrected chi connectivity index (χ1v) is 11.1. The molecule has 0 aromatic rings. The van der Waals surface area contributed by atoms with Crippen LogP contribution in [0.5, 0.6) is 0 Å². The highest BCUT2D eigenvalue weighted by molar-refractivity contribution is 5.74. The van der Waals surface area contributed by atoms with Crippen molar-refractivity contribution in [2.45, 2.75) is 129 Å². The van der Waals surface area contributed by atoms with Gasteiger partial charge in [-0.25, -0.2) is 4.79 Å². The number of hydrogen-bond donors (Lipinski definition) is 1. The van der Waals surface area contributed by atoms with Crippen molar-refractivity contribution < 1.29 is 14.6 Å². The molecule has 1 unspecified atom stereocenters. The summed E-state index contributed by atoms with van der Waals surface area (Å²) in [5.41, 5.74) is 0. The van der Waals surface area contributed by atoms with Gasteiger partial charge in [-0.15, -0.1) is 0 Å². The lowest BCUT2D eigenvalue weighted by Crippen LogP contribution is -2.23. The van der Waals surface area contributed by atoms with Gasteiger partial charge in [-0.1, -0.05) is 110 Å². The molecule has 0 bridgehead atoms. The lowest BCUT2D eigenvalue weighted by atomic mass is 10.0. The van der Waals surface area contributed by atoms with Crippen molar-refractivity contribution in [3.05, 3.63) is 0 Å². The maximum Gasteiger partial charge on any atom is 0.334 e. The van der Waals surface area contributed by atoms with Crippen molar-refractivity contribution in [2.24, 2.45) is 0 Å². The van der Waals surface area contributed by atoms with Crippen molar-refractivity contribution in [3.63, 3.8) is 0 Å². The summed E-state index contributed by atoms with van der Waals surface area (Å²) < 4.78 is 5.02. The van der Waals surface area contributed by atoms with E-state index in [1.165, 1.54) is 77.0 Å². The Bertz CT molecular complexity index is 278. The van der Waals surface area contributed by atoms with E-state index in [2.05, 4.69) is 13.8 Å². The Morgan fingerprint density at radius 1 is 0.680 bits per heavy atom. The lowest BCUT2D eigenvalue weighted by Gasteiger charge is -2.10. The summed E-state index contributed by atoms with van der Waals surface area (Å²) in [6.45, 7) is 4.76. The SMILES string of the molecule is CCCCCCCCCCCCCCCCC(O)C(=O)OCCCC. The third-order valence-corrected chi connectivity index (χ3v) is 4.85. The monoisotopic (exact) mass is 356 g/mol. The minimum atomic E-state index is -0.922. The first-order chi connectivity index (χ1) is 12.2. The summed E-state index contributed by atoms with van der Waals surface area (Å²) in [4.78, 5) is 11.5. The molecule has 0 rings (SSSR count). The minimum absolute atomic E-state index is 0.436. The number of carbonyl (C=O) groups excluding carboxylic acids is 1. The molecule has 25 heavy (non-hydrogen) atoms. The van der Waals surface area contributed by atoms with Crippen molar-refractivity contribution in [1.29, 1.82) is 0 Å². The fourth-order valence-corrected chi connectivity index (χ4v) is 3.06. The van der Waals surface area contributed by atoms with Crippen LogP contribution in [0.25, 0.3) is 0 Å². The Balaban J connectivity index is 3.21. The van der Waals surface area contributed by atoms with Crippen LogP contribution in [0.1, 0.15) is 123 Å². The van der Waals surface area contributed by atoms with Gasteiger partial charge in [0.15, 0.2) is 6.10 Å². The van der Waals surface area contributed by atoms with Crippen LogP contribution in [0.4, 0.5) is 0 Å². The second-order valence-corrected chi connectivity index (χ2v) is 7.42. The van der Waals surface area contributed by atoms with E-state index >= 15 is 0 Å². The van der Waals surface area contributed by atoms with E-state index in [9.17, 15) is 9.90 Å². The Morgan fingerprint density at radius 2 is 1.08 bits per heavy atom. The second-order valence-electron chi connectivity index (χ2n) is 7.42. The fourth-order valence-electron chi connectivity index (χ4n) is 3.06. The molecule has 0 heterocycles. The van der Waals surface area contributed by atoms with Crippen LogP contribution in [0.3, 0.4) is 0 Å². The van der Waals surface area contributed by atoms with Crippen LogP contribution in [-0.2, 0) is 9.53 Å². The lowest BCUT2D eigenvalue weighted by molar-refractivity contribution is -0.154. The summed E-state index contributed by atoms with van der Waals surface area (Å²) in [6, 6.07) is 0. The predicted octanol–water partition coefficient (Wildman–Crippen LogP) is 6.56. The number of aliphatic hydroxyl groups excluding tert-OH is 1. The number of unbranched alkanes of at least 4 members (excludes halogenated alkanes) is 14. The van der Waals surface area contributed by atoms with Crippen molar-refractivity contribution in [2.75, 3.05) is 6.61 Å². The van der Waals surface area contributed by atoms with Crippen LogP contribution in [0, 0.1) is 0 Å². The predicted molar refractivity (Wildman–Crippen MR) is 107 cm³/mol. The number of carbonyl (C=O) groups is 1. The third-order valence-electron chi connectivity index (χ3n) is 4.85. The van der Waals surface area contributed by atoms with Gasteiger partial charge in [0.2, 0.25) is 0 Å². The molecule has 1 atom stereocenters. The maximum atomic E-state index is 11.5. The highest BCUT2D eigenvalue weighted by Crippen LogP contribution is 2.14. The average molecular weight is 357 g/mol. The molecule has 0 aliphatic rings. The molecule has 0 saturated heterocycles. The summed E-state index contributed by atoms with van der Waals surface area (Å²) in [5, 5.41) is 9.73. The first kappa shape index (κ1) is 24.4. The van der Waals surface area contributed by atoms with Gasteiger partial charge in [-0.3, -0.25) is 0 Å². The molecule has 3 heteroatoms. The molecular weight excluding hydrogens is 312 g/mol. The van der Waals surface area contributed by atoms with Gasteiger partial charge >= 0.3 is 5.97 Å². The van der Waals surface area contributed by atoms with Crippen molar-refractivity contribution in [1.82, 2.24) is 0 Å². The van der Waals surface area contributed by atoms with Crippen LogP contribution in [-0.4, -0.2) is 23.8 Å². The van der Waals surface area contributed by atoms with Gasteiger partial charge in [0, 0.05) is 0 Å². The van der Waals surface area contributed by atoms with Gasteiger partial charge in [-0.2, -0.15) is 0 Å². The zero-order valence-electron chi connectivity index (χ0n) is 17.1. The average Bonchev–Trinajstić information content (AvgIpc) is 2.61. The van der Waals surface area contributed by atoms with E-state index in [4.69, 9.17) is 4.74 Å². The van der Waals surface area contributed by atoms with Gasteiger partial charge in [0.25, 0.3) is 0 Å². The van der Waals surface area contributed by atoms with Gasteiger partial charge < -0.3 is 9.84 Å². The van der Waals surface area contributed by atoms with E-state index in [-0.39, 0.29) is 0 Å². The summed E-state index contributed by atoms with van der Waals surface area (Å²) >= 11 is 0. The molecule has 0 amide bonds. The molecule has 150 valence electrons. The third kappa shape index (κ3) is 18.0. The Morgan fingerprint density at radius 3 is 1.52 bits per heavy atom. The fraction of sp³-hybridized carbons (Fsp3) is 0.955. The van der Waals surface area contributed by atoms with Crippen LogP contribution in [0.2, 0.25) is 0 Å². The van der Waals surface area contributed by atoms with Gasteiger partial charge in [0.05, 0.1) is 6.61 Å². The highest BCUT2D eigenvalue weighted by Gasteiger charge is 2.15. The summed E-state index contributed by atoms with van der Waals surface area (Å²) in [5.74, 6) is -0.442. The summed E-state index contributed by atoms with van der Waals surface area (Å²) in [7, 11) is 0. The van der Waals surface area contributed by atoms with E-state index < -0.39 is 12.1 Å². The molecule has 0 aliphatic carbocycles. The number of esters is 1. The highest BCUT2D eigenvalue weighted by atomic mass is 16.5. The van der Waals surface area contributed by atoms with Gasteiger partial charge in [0.1, 0.15) is 0 Å². The molecule has 0 aliphatic heterocycles. The first-order valence-electron chi connectivity index (χ1n) is 11.1. The Hall–Kier alpha value is -0.570. The van der Waals surface area contributed by atoms with E-state index in [1.54, 1.807) is 0 Å². The molecule has 1 N–H and O–H groups in total. The van der Waals surface area contributed by atoms with Gasteiger partial charge in [-0.05, 0) is 12.8 Å². The second kappa shape index (κ2) is 19.8. The van der Waals surface area contributed by atoms with E-state index in [0.29, 0.717) is 13.0 Å². The summed E-state index contributed by atoms with van der Waals surface area (Å²) in [6.07, 6.45) is 19.9. The van der Waals surface area contributed by atoms with Crippen molar-refractivity contribution >= 4 is 5.97 Å². The molecule has 0 radical (unpaired) electrons. The smallest absolute Gasteiger partial charge is 0.334 e. The number of ether oxygens (including phenoxy) is 1. The Labute approximate surface area is 156 Å². The zero-order valence-corrected chi connectivity index (χ0v) is 17.1. The van der Waals surface area contributed by atoms with Crippen LogP contribution >= 0.6 is 0 Å². The number of rotatable bonds is 19. The molecule has 3 nitrogen and oxygen atoms in total. The molecule has 0 saturated carbocycles. The largest absolute Gasteiger partial charge is 0.464 e. The quantitative estimate of drug-likeness (QED) is 0.210. The topological polar surface area (TPSA) is 46.5 Å². The minimum Gasteiger partial charge on any atom is -0.464 e. The molecule has 0 fully saturated rings. The zero-order chi connectivity index (χ0) is 18.6. The number of aliphatic hydroxyl groups is 1. The molecule has 0 aromatic heterocycles. The van der Waals surface area contributed by atoms with Crippen LogP contribution < -0.4 is 0 Å². The van der Waals surface area contributed by atoms with Crippen LogP contribution in [0.15, 0.2) is 0 Å². The number of hydrogen-bond acceptors (Lipinski definition) is 3. The van der Waals surface area contributed by atoms with Crippen molar-refractivity contribution in [3.8, 4) is 0 Å². The molecule has 0 spiro atoms. The van der Waals surface area contributed by atoms with E-state index in [1.807, 2.05) is 0 Å². The standard InChI is InChI=1S/C22H44O3/c1-3-5-7-8-9-10-11-12-13-14-15-16-17-18-19-21(23)22(24)25-20-6-4-2/h21,23H,3-20H2,1-2H3. The van der Waals surface area contributed by atoms with E-state index in [0.717, 1.165) is 25.7 Å². The molecule has 0 aromatic carbocycles. The maximum absolute atomic E-state index is 11.5.